The van der Waals surface area contributed by atoms with Crippen molar-refractivity contribution < 1.29 is 18.0 Å². The Bertz CT molecular complexity index is 2030. The first kappa shape index (κ1) is 35.4. The van der Waals surface area contributed by atoms with Gasteiger partial charge >= 0.3 is 0 Å². The smallest absolute Gasteiger partial charge is 0.254 e. The van der Waals surface area contributed by atoms with E-state index in [0.29, 0.717) is 82.7 Å². The van der Waals surface area contributed by atoms with Gasteiger partial charge in [-0.3, -0.25) is 14.5 Å². The number of aromatic nitrogens is 2. The number of aromatic amines is 2. The van der Waals surface area contributed by atoms with Gasteiger partial charge in [-0.25, -0.2) is 8.42 Å². The first-order valence-electron chi connectivity index (χ1n) is 17.7. The highest BCUT2D eigenvalue weighted by atomic mass is 32.2. The molecule has 2 aromatic heterocycles. The summed E-state index contributed by atoms with van der Waals surface area (Å²) < 4.78 is 27.1. The van der Waals surface area contributed by atoms with Crippen molar-refractivity contribution in [3.8, 4) is 0 Å². The van der Waals surface area contributed by atoms with E-state index in [-0.39, 0.29) is 17.6 Å². The highest BCUT2D eigenvalue weighted by Crippen LogP contribution is 2.22. The fraction of sp³-hybridized carbons (Fsp3) is 0.385. The largest absolute Gasteiger partial charge is 0.361 e. The molecule has 1 fully saturated rings. The molecule has 50 heavy (non-hydrogen) atoms. The van der Waals surface area contributed by atoms with Crippen LogP contribution in [0, 0.1) is 0 Å². The zero-order valence-corrected chi connectivity index (χ0v) is 29.9. The standard InChI is InChI=1S/C39H48N6O4S/c1-3-4-27-50(48,49)45-25-22-43(23-26-45)21-24-44(20-18-31-29-41-37-16-10-8-12-33(31)37)39(47)35-14-6-5-13-34(35)38(46)42(2)19-17-30-28-40-36-15-9-7-11-32(30)36/h5-16,28-29,40-41H,3-4,17-27H2,1-2H3. The molecule has 5 aromatic rings. The Hall–Kier alpha value is -4.45. The Morgan fingerprint density at radius 1 is 0.720 bits per heavy atom. The van der Waals surface area contributed by atoms with E-state index in [1.807, 2.05) is 72.7 Å². The van der Waals surface area contributed by atoms with Crippen LogP contribution in [0.5, 0.6) is 0 Å². The summed E-state index contributed by atoms with van der Waals surface area (Å²) in [5.74, 6) is -0.180. The molecule has 3 heterocycles. The number of hydrogen-bond acceptors (Lipinski definition) is 5. The fourth-order valence-electron chi connectivity index (χ4n) is 6.82. The lowest BCUT2D eigenvalue weighted by atomic mass is 10.0. The van der Waals surface area contributed by atoms with Gasteiger partial charge in [0.1, 0.15) is 0 Å². The summed E-state index contributed by atoms with van der Waals surface area (Å²) >= 11 is 0. The van der Waals surface area contributed by atoms with Crippen molar-refractivity contribution in [2.24, 2.45) is 0 Å². The normalized spacial score (nSPS) is 14.4. The molecule has 264 valence electrons. The number of para-hydroxylation sites is 2. The third kappa shape index (κ3) is 8.12. The molecule has 0 saturated carbocycles. The van der Waals surface area contributed by atoms with Crippen LogP contribution in [-0.4, -0.2) is 114 Å². The molecule has 2 N–H and O–H groups in total. The summed E-state index contributed by atoms with van der Waals surface area (Å²) in [6.45, 7) is 6.20. The van der Waals surface area contributed by atoms with E-state index >= 15 is 0 Å². The average molecular weight is 697 g/mol. The number of benzene rings is 3. The maximum Gasteiger partial charge on any atom is 0.254 e. The molecule has 2 amide bonds. The van der Waals surface area contributed by atoms with Gasteiger partial charge in [-0.05, 0) is 54.7 Å². The molecule has 1 saturated heterocycles. The van der Waals surface area contributed by atoms with Crippen LogP contribution in [-0.2, 0) is 22.9 Å². The number of sulfonamides is 1. The summed E-state index contributed by atoms with van der Waals surface area (Å²) in [4.78, 5) is 40.7. The monoisotopic (exact) mass is 696 g/mol. The minimum Gasteiger partial charge on any atom is -0.361 e. The minimum atomic E-state index is -3.25. The number of unbranched alkanes of at least 4 members (excludes halogenated alkanes) is 1. The molecule has 10 nitrogen and oxygen atoms in total. The van der Waals surface area contributed by atoms with Crippen molar-refractivity contribution in [1.29, 1.82) is 0 Å². The Morgan fingerprint density at radius 2 is 1.26 bits per heavy atom. The number of rotatable bonds is 15. The molecule has 0 unspecified atom stereocenters. The van der Waals surface area contributed by atoms with Gasteiger partial charge in [0.25, 0.3) is 11.8 Å². The molecule has 1 aliphatic heterocycles. The summed E-state index contributed by atoms with van der Waals surface area (Å²) in [6.07, 6.45) is 6.85. The van der Waals surface area contributed by atoms with E-state index < -0.39 is 10.0 Å². The van der Waals surface area contributed by atoms with Crippen LogP contribution in [0.2, 0.25) is 0 Å². The first-order chi connectivity index (χ1) is 24.2. The Labute approximate surface area is 295 Å². The quantitative estimate of drug-likeness (QED) is 0.152. The number of nitrogens with one attached hydrogen (secondary N) is 2. The summed E-state index contributed by atoms with van der Waals surface area (Å²) in [7, 11) is -1.46. The van der Waals surface area contributed by atoms with Crippen molar-refractivity contribution in [2.75, 3.05) is 65.2 Å². The molecule has 6 rings (SSSR count). The van der Waals surface area contributed by atoms with Gasteiger partial charge in [0.05, 0.1) is 16.9 Å². The second kappa shape index (κ2) is 16.1. The van der Waals surface area contributed by atoms with Crippen molar-refractivity contribution in [3.63, 3.8) is 0 Å². The number of H-pyrrole nitrogens is 2. The minimum absolute atomic E-state index is 0.181. The fourth-order valence-corrected chi connectivity index (χ4v) is 8.45. The second-order valence-electron chi connectivity index (χ2n) is 13.2. The summed E-state index contributed by atoms with van der Waals surface area (Å²) in [5, 5.41) is 2.28. The van der Waals surface area contributed by atoms with Gasteiger partial charge in [0.2, 0.25) is 10.0 Å². The third-order valence-corrected chi connectivity index (χ3v) is 11.9. The first-order valence-corrected chi connectivity index (χ1v) is 19.3. The molecule has 0 aliphatic carbocycles. The molecule has 1 aliphatic rings. The zero-order chi connectivity index (χ0) is 35.1. The number of hydrogen-bond donors (Lipinski definition) is 2. The van der Waals surface area contributed by atoms with Gasteiger partial charge in [0.15, 0.2) is 0 Å². The van der Waals surface area contributed by atoms with Crippen LogP contribution in [0.4, 0.5) is 0 Å². The van der Waals surface area contributed by atoms with Gasteiger partial charge in [-0.1, -0.05) is 61.9 Å². The summed E-state index contributed by atoms with van der Waals surface area (Å²) in [5.41, 5.74) is 5.18. The Kier molecular flexibility index (Phi) is 11.4. The third-order valence-electron chi connectivity index (χ3n) is 9.91. The SMILES string of the molecule is CCCCS(=O)(=O)N1CCN(CCN(CCc2c[nH]c3ccccc23)C(=O)c2ccccc2C(=O)N(C)CCc2c[nH]c3ccccc23)CC1. The van der Waals surface area contributed by atoms with Crippen LogP contribution in [0.3, 0.4) is 0 Å². The molecule has 0 bridgehead atoms. The molecule has 11 heteroatoms. The number of fused-ring (bicyclic) bond motifs is 2. The lowest BCUT2D eigenvalue weighted by Crippen LogP contribution is -2.51. The molecule has 0 radical (unpaired) electrons. The van der Waals surface area contributed by atoms with E-state index in [1.54, 1.807) is 28.4 Å². The van der Waals surface area contributed by atoms with Gasteiger partial charge < -0.3 is 19.8 Å². The van der Waals surface area contributed by atoms with Gasteiger partial charge in [0, 0.05) is 93.6 Å². The average Bonchev–Trinajstić information content (AvgIpc) is 3.76. The predicted octanol–water partition coefficient (Wildman–Crippen LogP) is 5.40. The highest BCUT2D eigenvalue weighted by Gasteiger charge is 2.28. The number of carbonyl (C=O) groups excluding carboxylic acids is 2. The van der Waals surface area contributed by atoms with Gasteiger partial charge in [-0.15, -0.1) is 0 Å². The number of piperazine rings is 1. The van der Waals surface area contributed by atoms with Crippen molar-refractivity contribution in [2.45, 2.75) is 32.6 Å². The lowest BCUT2D eigenvalue weighted by molar-refractivity contribution is 0.0709. The predicted molar refractivity (Wildman–Crippen MR) is 200 cm³/mol. The molecular weight excluding hydrogens is 649 g/mol. The van der Waals surface area contributed by atoms with Gasteiger partial charge in [-0.2, -0.15) is 4.31 Å². The van der Waals surface area contributed by atoms with Crippen LogP contribution in [0.25, 0.3) is 21.8 Å². The highest BCUT2D eigenvalue weighted by molar-refractivity contribution is 7.89. The second-order valence-corrected chi connectivity index (χ2v) is 15.3. The van der Waals surface area contributed by atoms with Crippen molar-refractivity contribution in [1.82, 2.24) is 29.0 Å². The zero-order valence-electron chi connectivity index (χ0n) is 29.1. The molecule has 0 atom stereocenters. The van der Waals surface area contributed by atoms with Crippen LogP contribution < -0.4 is 0 Å². The lowest BCUT2D eigenvalue weighted by Gasteiger charge is -2.35. The van der Waals surface area contributed by atoms with Crippen molar-refractivity contribution >= 4 is 43.6 Å². The Morgan fingerprint density at radius 3 is 1.86 bits per heavy atom. The Balaban J connectivity index is 1.16. The van der Waals surface area contributed by atoms with Crippen LogP contribution in [0.1, 0.15) is 51.6 Å². The number of amides is 2. The van der Waals surface area contributed by atoms with E-state index in [2.05, 4.69) is 27.0 Å². The van der Waals surface area contributed by atoms with E-state index in [0.717, 1.165) is 39.4 Å². The number of carbonyl (C=O) groups is 2. The topological polar surface area (TPSA) is 113 Å². The number of likely N-dealkylation sites (N-methyl/N-ethyl adjacent to an activating group) is 1. The van der Waals surface area contributed by atoms with E-state index in [4.69, 9.17) is 0 Å². The molecular formula is C39H48N6O4S. The van der Waals surface area contributed by atoms with Crippen LogP contribution in [0.15, 0.2) is 85.2 Å². The number of nitrogens with zero attached hydrogens (tertiary/aromatic N) is 4. The maximum absolute atomic E-state index is 14.4. The van der Waals surface area contributed by atoms with Crippen molar-refractivity contribution in [3.05, 3.63) is 107 Å². The molecule has 0 spiro atoms. The van der Waals surface area contributed by atoms with E-state index in [1.165, 1.54) is 0 Å². The maximum atomic E-state index is 14.4. The molecule has 3 aromatic carbocycles. The van der Waals surface area contributed by atoms with Crippen LogP contribution >= 0.6 is 0 Å². The van der Waals surface area contributed by atoms with E-state index in [9.17, 15) is 18.0 Å². The summed E-state index contributed by atoms with van der Waals surface area (Å²) in [6, 6.07) is 23.4.